The van der Waals surface area contributed by atoms with Crippen LogP contribution in [0.2, 0.25) is 5.02 Å². The molecule has 0 atom stereocenters. The van der Waals surface area contributed by atoms with E-state index >= 15 is 0 Å². The Morgan fingerprint density at radius 3 is 2.22 bits per heavy atom. The number of halogens is 1. The Bertz CT molecular complexity index is 1060. The summed E-state index contributed by atoms with van der Waals surface area (Å²) in [7, 11) is 0. The van der Waals surface area contributed by atoms with Gasteiger partial charge in [0, 0.05) is 16.1 Å². The van der Waals surface area contributed by atoms with Gasteiger partial charge in [0.25, 0.3) is 5.22 Å². The Balaban J connectivity index is 1.44. The van der Waals surface area contributed by atoms with Crippen LogP contribution in [0.25, 0.3) is 22.9 Å². The number of aryl methyl sites for hydroxylation is 2. The van der Waals surface area contributed by atoms with Crippen molar-refractivity contribution < 1.29 is 8.83 Å². The molecular weight excluding hydrogens is 384 g/mol. The van der Waals surface area contributed by atoms with Crippen LogP contribution in [-0.4, -0.2) is 20.4 Å². The van der Waals surface area contributed by atoms with Crippen LogP contribution in [0.5, 0.6) is 0 Å². The van der Waals surface area contributed by atoms with E-state index in [1.54, 1.807) is 12.1 Å². The van der Waals surface area contributed by atoms with Crippen molar-refractivity contribution in [2.24, 2.45) is 0 Å². The van der Waals surface area contributed by atoms with Crippen molar-refractivity contribution in [1.82, 2.24) is 20.4 Å². The molecule has 27 heavy (non-hydrogen) atoms. The van der Waals surface area contributed by atoms with Crippen molar-refractivity contribution in [1.29, 1.82) is 0 Å². The SMILES string of the molecule is Cc1cc(C)cc(-c2nnc(SCc3nnc(-c4ccc(Cl)cc4)o3)o2)c1. The minimum Gasteiger partial charge on any atom is -0.420 e. The fourth-order valence-electron chi connectivity index (χ4n) is 2.63. The summed E-state index contributed by atoms with van der Waals surface area (Å²) in [6.45, 7) is 4.08. The van der Waals surface area contributed by atoms with Gasteiger partial charge in [-0.05, 0) is 50.2 Å². The van der Waals surface area contributed by atoms with Gasteiger partial charge in [-0.2, -0.15) is 0 Å². The van der Waals surface area contributed by atoms with Crippen molar-refractivity contribution >= 4 is 23.4 Å². The van der Waals surface area contributed by atoms with Gasteiger partial charge in [0.15, 0.2) is 0 Å². The lowest BCUT2D eigenvalue weighted by Gasteiger charge is -1.99. The van der Waals surface area contributed by atoms with Crippen molar-refractivity contribution in [2.75, 3.05) is 0 Å². The van der Waals surface area contributed by atoms with Crippen LogP contribution in [0.3, 0.4) is 0 Å². The van der Waals surface area contributed by atoms with E-state index in [0.717, 1.165) is 22.3 Å². The molecule has 0 fully saturated rings. The minimum atomic E-state index is 0.440. The summed E-state index contributed by atoms with van der Waals surface area (Å²) in [6, 6.07) is 13.4. The van der Waals surface area contributed by atoms with E-state index in [0.29, 0.717) is 33.7 Å². The van der Waals surface area contributed by atoms with E-state index in [-0.39, 0.29) is 0 Å². The Morgan fingerprint density at radius 1 is 0.815 bits per heavy atom. The molecule has 2 aromatic heterocycles. The second-order valence-corrected chi connectivity index (χ2v) is 7.41. The number of hydrogen-bond acceptors (Lipinski definition) is 7. The quantitative estimate of drug-likeness (QED) is 0.419. The van der Waals surface area contributed by atoms with Gasteiger partial charge < -0.3 is 8.83 Å². The van der Waals surface area contributed by atoms with Gasteiger partial charge in [0.2, 0.25) is 17.7 Å². The molecule has 0 N–H and O–H groups in total. The molecule has 4 rings (SSSR count). The number of benzene rings is 2. The molecule has 0 unspecified atom stereocenters. The molecule has 0 amide bonds. The maximum Gasteiger partial charge on any atom is 0.277 e. The summed E-state index contributed by atoms with van der Waals surface area (Å²) in [5, 5.41) is 17.4. The first-order chi connectivity index (χ1) is 13.1. The van der Waals surface area contributed by atoms with Gasteiger partial charge in [-0.25, -0.2) is 0 Å². The van der Waals surface area contributed by atoms with Crippen LogP contribution in [-0.2, 0) is 5.75 Å². The predicted octanol–water partition coefficient (Wildman–Crippen LogP) is 5.35. The third-order valence-corrected chi connectivity index (χ3v) is 4.81. The van der Waals surface area contributed by atoms with Crippen molar-refractivity contribution in [2.45, 2.75) is 24.8 Å². The second kappa shape index (κ2) is 7.54. The third kappa shape index (κ3) is 4.20. The Morgan fingerprint density at radius 2 is 1.48 bits per heavy atom. The molecule has 0 aliphatic carbocycles. The lowest BCUT2D eigenvalue weighted by molar-refractivity contribution is 0.464. The summed E-state index contributed by atoms with van der Waals surface area (Å²) >= 11 is 7.24. The Kier molecular flexibility index (Phi) is 4.96. The highest BCUT2D eigenvalue weighted by molar-refractivity contribution is 7.98. The van der Waals surface area contributed by atoms with E-state index in [9.17, 15) is 0 Å². The molecule has 0 saturated heterocycles. The molecule has 4 aromatic rings. The van der Waals surface area contributed by atoms with Crippen molar-refractivity contribution in [3.63, 3.8) is 0 Å². The first-order valence-electron chi connectivity index (χ1n) is 8.20. The second-order valence-electron chi connectivity index (χ2n) is 6.05. The van der Waals surface area contributed by atoms with Crippen LogP contribution in [0.1, 0.15) is 17.0 Å². The molecule has 6 nitrogen and oxygen atoms in total. The molecule has 0 aliphatic rings. The summed E-state index contributed by atoms with van der Waals surface area (Å²) in [5.74, 6) is 1.87. The van der Waals surface area contributed by atoms with Crippen LogP contribution in [0.4, 0.5) is 0 Å². The van der Waals surface area contributed by atoms with Crippen molar-refractivity contribution in [3.05, 3.63) is 64.5 Å². The number of rotatable bonds is 5. The van der Waals surface area contributed by atoms with Gasteiger partial charge >= 0.3 is 0 Å². The molecule has 0 spiro atoms. The molecule has 0 bridgehead atoms. The molecule has 136 valence electrons. The number of hydrogen-bond donors (Lipinski definition) is 0. The average molecular weight is 399 g/mol. The largest absolute Gasteiger partial charge is 0.420 e. The first-order valence-corrected chi connectivity index (χ1v) is 9.56. The molecule has 2 aromatic carbocycles. The zero-order valence-corrected chi connectivity index (χ0v) is 16.2. The van der Waals surface area contributed by atoms with E-state index in [1.807, 2.05) is 38.1 Å². The maximum atomic E-state index is 5.89. The van der Waals surface area contributed by atoms with Gasteiger partial charge in [0.1, 0.15) is 0 Å². The van der Waals surface area contributed by atoms with E-state index in [2.05, 4.69) is 26.5 Å². The van der Waals surface area contributed by atoms with Gasteiger partial charge in [-0.1, -0.05) is 40.6 Å². The highest BCUT2D eigenvalue weighted by Gasteiger charge is 2.13. The highest BCUT2D eigenvalue weighted by Crippen LogP contribution is 2.27. The van der Waals surface area contributed by atoms with Gasteiger partial charge in [-0.15, -0.1) is 20.4 Å². The number of thioether (sulfide) groups is 1. The van der Waals surface area contributed by atoms with Crippen LogP contribution in [0, 0.1) is 13.8 Å². The lowest BCUT2D eigenvalue weighted by Crippen LogP contribution is -1.82. The van der Waals surface area contributed by atoms with Gasteiger partial charge in [0.05, 0.1) is 5.75 Å². The summed E-state index contributed by atoms with van der Waals surface area (Å²) in [5.41, 5.74) is 4.03. The summed E-state index contributed by atoms with van der Waals surface area (Å²) in [6.07, 6.45) is 0. The monoisotopic (exact) mass is 398 g/mol. The van der Waals surface area contributed by atoms with Crippen LogP contribution in [0.15, 0.2) is 56.5 Å². The third-order valence-electron chi connectivity index (χ3n) is 3.75. The molecule has 0 radical (unpaired) electrons. The normalized spacial score (nSPS) is 11.1. The number of aromatic nitrogens is 4. The van der Waals surface area contributed by atoms with Crippen LogP contribution < -0.4 is 0 Å². The minimum absolute atomic E-state index is 0.440. The molecule has 0 saturated carbocycles. The summed E-state index contributed by atoms with van der Waals surface area (Å²) < 4.78 is 11.4. The Hall–Kier alpha value is -2.64. The smallest absolute Gasteiger partial charge is 0.277 e. The molecule has 0 aliphatic heterocycles. The fourth-order valence-corrected chi connectivity index (χ4v) is 3.35. The fraction of sp³-hybridized carbons (Fsp3) is 0.158. The van der Waals surface area contributed by atoms with E-state index < -0.39 is 0 Å². The highest BCUT2D eigenvalue weighted by atomic mass is 35.5. The lowest BCUT2D eigenvalue weighted by atomic mass is 10.1. The Labute approximate surface area is 165 Å². The van der Waals surface area contributed by atoms with E-state index in [4.69, 9.17) is 20.4 Å². The average Bonchev–Trinajstić information content (AvgIpc) is 3.29. The van der Waals surface area contributed by atoms with Gasteiger partial charge in [-0.3, -0.25) is 0 Å². The predicted molar refractivity (Wildman–Crippen MR) is 104 cm³/mol. The zero-order valence-electron chi connectivity index (χ0n) is 14.6. The van der Waals surface area contributed by atoms with Crippen LogP contribution >= 0.6 is 23.4 Å². The first kappa shape index (κ1) is 17.8. The maximum absolute atomic E-state index is 5.89. The molecule has 2 heterocycles. The molecule has 8 heteroatoms. The summed E-state index contributed by atoms with van der Waals surface area (Å²) in [4.78, 5) is 0. The standard InChI is InChI=1S/C19H15ClN4O2S/c1-11-7-12(2)9-14(8-11)18-23-24-19(26-18)27-10-16-21-22-17(25-16)13-3-5-15(20)6-4-13/h3-9H,10H2,1-2H3. The zero-order chi connectivity index (χ0) is 18.8. The van der Waals surface area contributed by atoms with E-state index in [1.165, 1.54) is 11.8 Å². The topological polar surface area (TPSA) is 77.8 Å². The number of nitrogens with zero attached hydrogens (tertiary/aromatic N) is 4. The molecular formula is C19H15ClN4O2S. The van der Waals surface area contributed by atoms with Crippen molar-refractivity contribution in [3.8, 4) is 22.9 Å².